The van der Waals surface area contributed by atoms with Gasteiger partial charge in [-0.2, -0.15) is 0 Å². The molecule has 0 amide bonds. The van der Waals surface area contributed by atoms with E-state index in [4.69, 9.17) is 11.5 Å². The zero-order valence-electron chi connectivity index (χ0n) is 6.22. The van der Waals surface area contributed by atoms with Gasteiger partial charge in [0, 0.05) is 18.6 Å². The minimum absolute atomic E-state index is 0.204. The molecule has 0 aromatic carbocycles. The van der Waals surface area contributed by atoms with E-state index in [1.807, 2.05) is 14.0 Å². The zero-order valence-corrected chi connectivity index (χ0v) is 6.22. The fourth-order valence-electron chi connectivity index (χ4n) is 0.823. The van der Waals surface area contributed by atoms with Crippen molar-refractivity contribution in [2.45, 2.75) is 25.4 Å². The monoisotopic (exact) mass is 131 g/mol. The van der Waals surface area contributed by atoms with Gasteiger partial charge in [-0.05, 0) is 20.4 Å². The standard InChI is InChI=1S/C6H17N3/c1-5(7)3-6(8)4-9-2/h5-6,9H,3-4,7-8H2,1-2H3. The van der Waals surface area contributed by atoms with Crippen molar-refractivity contribution in [2.75, 3.05) is 13.6 Å². The molecule has 0 aliphatic heterocycles. The maximum absolute atomic E-state index is 5.64. The van der Waals surface area contributed by atoms with Crippen molar-refractivity contribution in [3.63, 3.8) is 0 Å². The van der Waals surface area contributed by atoms with E-state index in [0.717, 1.165) is 13.0 Å². The number of nitrogens with two attached hydrogens (primary N) is 2. The largest absolute Gasteiger partial charge is 0.328 e. The number of nitrogens with one attached hydrogen (secondary N) is 1. The first-order valence-electron chi connectivity index (χ1n) is 3.32. The van der Waals surface area contributed by atoms with Crippen LogP contribution in [-0.2, 0) is 0 Å². The highest BCUT2D eigenvalue weighted by Crippen LogP contribution is 1.89. The van der Waals surface area contributed by atoms with Crippen LogP contribution in [0.5, 0.6) is 0 Å². The molecule has 0 bridgehead atoms. The molecule has 0 aromatic heterocycles. The van der Waals surface area contributed by atoms with Crippen LogP contribution in [0.1, 0.15) is 13.3 Å². The third-order valence-corrected chi connectivity index (χ3v) is 1.14. The first-order chi connectivity index (χ1) is 4.16. The molecule has 0 spiro atoms. The Morgan fingerprint density at radius 1 is 1.44 bits per heavy atom. The fourth-order valence-corrected chi connectivity index (χ4v) is 0.823. The summed E-state index contributed by atoms with van der Waals surface area (Å²) in [6.45, 7) is 2.82. The highest BCUT2D eigenvalue weighted by molar-refractivity contribution is 4.67. The molecule has 2 atom stereocenters. The first-order valence-corrected chi connectivity index (χ1v) is 3.32. The minimum atomic E-state index is 0.204. The molecule has 0 aromatic rings. The summed E-state index contributed by atoms with van der Waals surface area (Å²) in [4.78, 5) is 0. The Labute approximate surface area is 56.8 Å². The van der Waals surface area contributed by atoms with Gasteiger partial charge < -0.3 is 16.8 Å². The molecule has 0 fully saturated rings. The van der Waals surface area contributed by atoms with E-state index in [9.17, 15) is 0 Å². The molecule has 0 rings (SSSR count). The Bertz CT molecular complexity index is 63.3. The molecule has 0 saturated heterocycles. The topological polar surface area (TPSA) is 64.1 Å². The van der Waals surface area contributed by atoms with Crippen LogP contribution in [0.3, 0.4) is 0 Å². The van der Waals surface area contributed by atoms with Crippen LogP contribution in [0, 0.1) is 0 Å². The summed E-state index contributed by atoms with van der Waals surface area (Å²) in [5, 5.41) is 2.99. The summed E-state index contributed by atoms with van der Waals surface area (Å²) < 4.78 is 0. The van der Waals surface area contributed by atoms with Crippen molar-refractivity contribution >= 4 is 0 Å². The van der Waals surface area contributed by atoms with E-state index >= 15 is 0 Å². The zero-order chi connectivity index (χ0) is 7.28. The van der Waals surface area contributed by atoms with Gasteiger partial charge in [-0.1, -0.05) is 0 Å². The van der Waals surface area contributed by atoms with Gasteiger partial charge in [0.15, 0.2) is 0 Å². The molecular formula is C6H17N3. The van der Waals surface area contributed by atoms with E-state index in [-0.39, 0.29) is 12.1 Å². The lowest BCUT2D eigenvalue weighted by atomic mass is 10.1. The van der Waals surface area contributed by atoms with E-state index < -0.39 is 0 Å². The molecule has 0 aliphatic carbocycles. The average Bonchev–Trinajstić information content (AvgIpc) is 1.63. The van der Waals surface area contributed by atoms with Gasteiger partial charge in [0.2, 0.25) is 0 Å². The van der Waals surface area contributed by atoms with Crippen LogP contribution in [-0.4, -0.2) is 25.7 Å². The van der Waals surface area contributed by atoms with Crippen molar-refractivity contribution in [3.05, 3.63) is 0 Å². The molecule has 3 heteroatoms. The Morgan fingerprint density at radius 2 is 2.00 bits per heavy atom. The predicted octanol–water partition coefficient (Wildman–Crippen LogP) is -0.730. The Hall–Kier alpha value is -0.120. The normalized spacial score (nSPS) is 17.3. The molecule has 0 saturated carbocycles. The van der Waals surface area contributed by atoms with Gasteiger partial charge in [-0.25, -0.2) is 0 Å². The first kappa shape index (κ1) is 8.88. The second kappa shape index (κ2) is 4.73. The molecular weight excluding hydrogens is 114 g/mol. The minimum Gasteiger partial charge on any atom is -0.328 e. The third kappa shape index (κ3) is 5.76. The van der Waals surface area contributed by atoms with Gasteiger partial charge in [-0.15, -0.1) is 0 Å². The van der Waals surface area contributed by atoms with Crippen molar-refractivity contribution in [2.24, 2.45) is 11.5 Å². The lowest BCUT2D eigenvalue weighted by Crippen LogP contribution is -2.36. The van der Waals surface area contributed by atoms with Crippen molar-refractivity contribution in [1.82, 2.24) is 5.32 Å². The Kier molecular flexibility index (Phi) is 4.67. The highest BCUT2D eigenvalue weighted by atomic mass is 14.9. The Balaban J connectivity index is 3.15. The van der Waals surface area contributed by atoms with E-state index in [2.05, 4.69) is 5.32 Å². The quantitative estimate of drug-likeness (QED) is 0.471. The van der Waals surface area contributed by atoms with Gasteiger partial charge in [0.25, 0.3) is 0 Å². The maximum atomic E-state index is 5.64. The smallest absolute Gasteiger partial charge is 0.0179 e. The molecule has 2 unspecified atom stereocenters. The molecule has 5 N–H and O–H groups in total. The molecule has 0 aliphatic rings. The lowest BCUT2D eigenvalue weighted by Gasteiger charge is -2.12. The van der Waals surface area contributed by atoms with Crippen molar-refractivity contribution < 1.29 is 0 Å². The number of hydrogen-bond donors (Lipinski definition) is 3. The van der Waals surface area contributed by atoms with Crippen molar-refractivity contribution in [3.8, 4) is 0 Å². The fraction of sp³-hybridized carbons (Fsp3) is 1.00. The van der Waals surface area contributed by atoms with Crippen LogP contribution in [0.2, 0.25) is 0 Å². The van der Waals surface area contributed by atoms with Gasteiger partial charge in [0.1, 0.15) is 0 Å². The van der Waals surface area contributed by atoms with Gasteiger partial charge in [-0.3, -0.25) is 0 Å². The lowest BCUT2D eigenvalue weighted by molar-refractivity contribution is 0.525. The van der Waals surface area contributed by atoms with E-state index in [1.165, 1.54) is 0 Å². The highest BCUT2D eigenvalue weighted by Gasteiger charge is 2.02. The molecule has 3 nitrogen and oxygen atoms in total. The molecule has 56 valence electrons. The van der Waals surface area contributed by atoms with Crippen molar-refractivity contribution in [1.29, 1.82) is 0 Å². The van der Waals surface area contributed by atoms with Crippen LogP contribution in [0.4, 0.5) is 0 Å². The number of likely N-dealkylation sites (N-methyl/N-ethyl adjacent to an activating group) is 1. The third-order valence-electron chi connectivity index (χ3n) is 1.14. The van der Waals surface area contributed by atoms with Crippen LogP contribution in [0.25, 0.3) is 0 Å². The summed E-state index contributed by atoms with van der Waals surface area (Å²) in [7, 11) is 1.89. The van der Waals surface area contributed by atoms with Crippen LogP contribution in [0.15, 0.2) is 0 Å². The summed E-state index contributed by atoms with van der Waals surface area (Å²) in [6.07, 6.45) is 0.890. The average molecular weight is 131 g/mol. The van der Waals surface area contributed by atoms with E-state index in [0.29, 0.717) is 0 Å². The second-order valence-corrected chi connectivity index (χ2v) is 2.53. The summed E-state index contributed by atoms with van der Waals surface area (Å²) in [6, 6.07) is 0.420. The van der Waals surface area contributed by atoms with Crippen LogP contribution < -0.4 is 16.8 Å². The predicted molar refractivity (Wildman–Crippen MR) is 40.2 cm³/mol. The molecule has 0 heterocycles. The molecule has 0 radical (unpaired) electrons. The van der Waals surface area contributed by atoms with E-state index in [1.54, 1.807) is 0 Å². The maximum Gasteiger partial charge on any atom is 0.0179 e. The van der Waals surface area contributed by atoms with Crippen LogP contribution >= 0.6 is 0 Å². The summed E-state index contributed by atoms with van der Waals surface area (Å²) in [5.74, 6) is 0. The summed E-state index contributed by atoms with van der Waals surface area (Å²) >= 11 is 0. The summed E-state index contributed by atoms with van der Waals surface area (Å²) in [5.41, 5.74) is 11.2. The second-order valence-electron chi connectivity index (χ2n) is 2.53. The number of rotatable bonds is 4. The molecule has 9 heavy (non-hydrogen) atoms. The number of hydrogen-bond acceptors (Lipinski definition) is 3. The SMILES string of the molecule is CNCC(N)CC(C)N. The van der Waals surface area contributed by atoms with Gasteiger partial charge >= 0.3 is 0 Å². The Morgan fingerprint density at radius 3 is 2.33 bits per heavy atom. The van der Waals surface area contributed by atoms with Gasteiger partial charge in [0.05, 0.1) is 0 Å².